The first-order valence-electron chi connectivity index (χ1n) is 8.38. The molecule has 2 rings (SSSR count). The molecule has 1 amide bonds. The predicted molar refractivity (Wildman–Crippen MR) is 97.4 cm³/mol. The Hall–Kier alpha value is -3.03. The van der Waals surface area contributed by atoms with Crippen molar-refractivity contribution in [1.29, 1.82) is 0 Å². The topological polar surface area (TPSA) is 112 Å². The molecule has 0 aliphatic carbocycles. The molecule has 0 saturated heterocycles. The van der Waals surface area contributed by atoms with Crippen molar-refractivity contribution in [2.75, 3.05) is 6.54 Å². The van der Waals surface area contributed by atoms with Crippen LogP contribution in [0.3, 0.4) is 0 Å². The molecular weight excluding hydrogens is 353 g/mol. The highest BCUT2D eigenvalue weighted by molar-refractivity contribution is 5.95. The van der Waals surface area contributed by atoms with Crippen LogP contribution in [0.4, 0.5) is 4.39 Å². The lowest BCUT2D eigenvalue weighted by Crippen LogP contribution is -2.37. The molecule has 0 fully saturated rings. The summed E-state index contributed by atoms with van der Waals surface area (Å²) in [6.45, 7) is 6.94. The number of aromatic amines is 1. The number of carbonyl (C=O) groups excluding carboxylic acids is 1. The van der Waals surface area contributed by atoms with E-state index >= 15 is 0 Å². The molecule has 27 heavy (non-hydrogen) atoms. The lowest BCUT2D eigenvalue weighted by Gasteiger charge is -2.18. The van der Waals surface area contributed by atoms with Gasteiger partial charge in [-0.1, -0.05) is 32.9 Å². The monoisotopic (exact) mass is 375 g/mol. The number of nitrogens with zero attached hydrogens (tertiary/aromatic N) is 1. The molecule has 2 aromatic rings. The first kappa shape index (κ1) is 20.3. The summed E-state index contributed by atoms with van der Waals surface area (Å²) >= 11 is 0. The molecule has 1 heterocycles. The zero-order chi connectivity index (χ0) is 20.4. The summed E-state index contributed by atoms with van der Waals surface area (Å²) in [6, 6.07) is 4.99. The molecule has 1 aromatic heterocycles. The van der Waals surface area contributed by atoms with Crippen molar-refractivity contribution in [3.63, 3.8) is 0 Å². The van der Waals surface area contributed by atoms with Gasteiger partial charge in [-0.25, -0.2) is 9.37 Å². The van der Waals surface area contributed by atoms with E-state index < -0.39 is 34.6 Å². The zero-order valence-corrected chi connectivity index (χ0v) is 15.6. The van der Waals surface area contributed by atoms with Crippen molar-refractivity contribution in [2.45, 2.75) is 39.0 Å². The summed E-state index contributed by atoms with van der Waals surface area (Å²) in [5.41, 5.74) is -0.536. The number of H-pyrrole nitrogens is 1. The number of aromatic nitrogens is 2. The molecule has 3 N–H and O–H groups in total. The molecule has 0 bridgehead atoms. The van der Waals surface area contributed by atoms with Gasteiger partial charge >= 0.3 is 5.97 Å². The standard InChI is InChI=1S/C19H22FN3O4/c1-10-14(16(25)23-18(22-10)19(2,3)4)15(24)21-9-13(17(26)27)11-5-7-12(20)8-6-11/h5-8,13H,9H2,1-4H3,(H,21,24)(H,26,27)(H,22,23,25). The number of rotatable bonds is 5. The van der Waals surface area contributed by atoms with Gasteiger partial charge in [-0.3, -0.25) is 14.4 Å². The van der Waals surface area contributed by atoms with Gasteiger partial charge in [0.25, 0.3) is 11.5 Å². The first-order chi connectivity index (χ1) is 12.5. The second kappa shape index (κ2) is 7.69. The Kier molecular flexibility index (Phi) is 5.78. The summed E-state index contributed by atoms with van der Waals surface area (Å²) < 4.78 is 13.0. The van der Waals surface area contributed by atoms with Crippen molar-refractivity contribution in [3.8, 4) is 0 Å². The number of aryl methyl sites for hydroxylation is 1. The molecule has 0 spiro atoms. The largest absolute Gasteiger partial charge is 0.481 e. The molecule has 144 valence electrons. The molecule has 0 aliphatic rings. The number of amides is 1. The molecule has 8 heteroatoms. The molecule has 1 aromatic carbocycles. The van der Waals surface area contributed by atoms with Crippen LogP contribution in [-0.2, 0) is 10.2 Å². The number of aliphatic carboxylic acids is 1. The van der Waals surface area contributed by atoms with E-state index in [9.17, 15) is 23.9 Å². The van der Waals surface area contributed by atoms with Crippen molar-refractivity contribution in [3.05, 3.63) is 63.1 Å². The molecular formula is C19H22FN3O4. The Labute approximate surface area is 155 Å². The van der Waals surface area contributed by atoms with Gasteiger partial charge in [0.2, 0.25) is 0 Å². The summed E-state index contributed by atoms with van der Waals surface area (Å²) in [5, 5.41) is 11.8. The molecule has 0 saturated carbocycles. The van der Waals surface area contributed by atoms with E-state index in [0.29, 0.717) is 11.4 Å². The quantitative estimate of drug-likeness (QED) is 0.741. The third-order valence-corrected chi connectivity index (χ3v) is 4.07. The van der Waals surface area contributed by atoms with Gasteiger partial charge in [-0.2, -0.15) is 0 Å². The van der Waals surface area contributed by atoms with Gasteiger partial charge in [0, 0.05) is 12.0 Å². The third kappa shape index (κ3) is 4.78. The second-order valence-corrected chi connectivity index (χ2v) is 7.28. The van der Waals surface area contributed by atoms with Crippen LogP contribution in [0, 0.1) is 12.7 Å². The van der Waals surface area contributed by atoms with E-state index in [0.717, 1.165) is 12.1 Å². The number of carbonyl (C=O) groups is 2. The zero-order valence-electron chi connectivity index (χ0n) is 15.6. The summed E-state index contributed by atoms with van der Waals surface area (Å²) in [6.07, 6.45) is 0. The minimum atomic E-state index is -1.17. The fourth-order valence-corrected chi connectivity index (χ4v) is 2.53. The van der Waals surface area contributed by atoms with Gasteiger partial charge in [0.15, 0.2) is 0 Å². The maximum atomic E-state index is 13.0. The Morgan fingerprint density at radius 1 is 1.26 bits per heavy atom. The number of benzene rings is 1. The van der Waals surface area contributed by atoms with Crippen LogP contribution in [-0.4, -0.2) is 33.5 Å². The number of carboxylic acid groups (broad SMARTS) is 1. The lowest BCUT2D eigenvalue weighted by atomic mass is 9.95. The van der Waals surface area contributed by atoms with E-state index in [1.807, 2.05) is 20.8 Å². The van der Waals surface area contributed by atoms with Crippen molar-refractivity contribution in [2.24, 2.45) is 0 Å². The number of halogens is 1. The Morgan fingerprint density at radius 3 is 2.33 bits per heavy atom. The van der Waals surface area contributed by atoms with E-state index in [-0.39, 0.29) is 17.8 Å². The molecule has 7 nitrogen and oxygen atoms in total. The van der Waals surface area contributed by atoms with Gasteiger partial charge in [-0.05, 0) is 24.6 Å². The number of carboxylic acids is 1. The summed E-state index contributed by atoms with van der Waals surface area (Å²) in [5.74, 6) is -2.99. The number of hydrogen-bond acceptors (Lipinski definition) is 4. The first-order valence-corrected chi connectivity index (χ1v) is 8.38. The highest BCUT2D eigenvalue weighted by atomic mass is 19.1. The Bertz CT molecular complexity index is 914. The summed E-state index contributed by atoms with van der Waals surface area (Å²) in [7, 11) is 0. The number of nitrogens with one attached hydrogen (secondary N) is 2. The average molecular weight is 375 g/mol. The third-order valence-electron chi connectivity index (χ3n) is 4.07. The van der Waals surface area contributed by atoms with Crippen LogP contribution in [0.1, 0.15) is 54.1 Å². The molecule has 1 atom stereocenters. The van der Waals surface area contributed by atoms with Crippen LogP contribution in [0.15, 0.2) is 29.1 Å². The van der Waals surface area contributed by atoms with Gasteiger partial charge in [0.05, 0.1) is 11.6 Å². The van der Waals surface area contributed by atoms with E-state index in [4.69, 9.17) is 0 Å². The summed E-state index contributed by atoms with van der Waals surface area (Å²) in [4.78, 5) is 43.1. The minimum Gasteiger partial charge on any atom is -0.481 e. The van der Waals surface area contributed by atoms with Gasteiger partial charge < -0.3 is 15.4 Å². The SMILES string of the molecule is Cc1nc(C(C)(C)C)[nH]c(=O)c1C(=O)NCC(C(=O)O)c1ccc(F)cc1. The van der Waals surface area contributed by atoms with Gasteiger partial charge in [0.1, 0.15) is 17.2 Å². The fraction of sp³-hybridized carbons (Fsp3) is 0.368. The maximum absolute atomic E-state index is 13.0. The van der Waals surface area contributed by atoms with Crippen molar-refractivity contribution < 1.29 is 19.1 Å². The van der Waals surface area contributed by atoms with Crippen molar-refractivity contribution >= 4 is 11.9 Å². The smallest absolute Gasteiger partial charge is 0.312 e. The van der Waals surface area contributed by atoms with E-state index in [1.54, 1.807) is 6.92 Å². The second-order valence-electron chi connectivity index (χ2n) is 7.28. The molecule has 0 aliphatic heterocycles. The normalized spacial score (nSPS) is 12.5. The van der Waals surface area contributed by atoms with Gasteiger partial charge in [-0.15, -0.1) is 0 Å². The molecule has 0 radical (unpaired) electrons. The van der Waals surface area contributed by atoms with E-state index in [1.165, 1.54) is 12.1 Å². The highest BCUT2D eigenvalue weighted by Gasteiger charge is 2.25. The van der Waals surface area contributed by atoms with Crippen molar-refractivity contribution in [1.82, 2.24) is 15.3 Å². The highest BCUT2D eigenvalue weighted by Crippen LogP contribution is 2.18. The van der Waals surface area contributed by atoms with Crippen LogP contribution >= 0.6 is 0 Å². The maximum Gasteiger partial charge on any atom is 0.312 e. The average Bonchev–Trinajstić information content (AvgIpc) is 2.54. The Morgan fingerprint density at radius 2 is 1.85 bits per heavy atom. The van der Waals surface area contributed by atoms with Crippen LogP contribution < -0.4 is 10.9 Å². The van der Waals surface area contributed by atoms with Crippen LogP contribution in [0.5, 0.6) is 0 Å². The number of hydrogen-bond donors (Lipinski definition) is 3. The predicted octanol–water partition coefficient (Wildman–Crippen LogP) is 2.11. The van der Waals surface area contributed by atoms with Crippen LogP contribution in [0.2, 0.25) is 0 Å². The Balaban J connectivity index is 2.22. The minimum absolute atomic E-state index is 0.161. The van der Waals surface area contributed by atoms with E-state index in [2.05, 4.69) is 15.3 Å². The molecule has 1 unspecified atom stereocenters. The fourth-order valence-electron chi connectivity index (χ4n) is 2.53. The lowest BCUT2D eigenvalue weighted by molar-refractivity contribution is -0.138. The van der Waals surface area contributed by atoms with Crippen LogP contribution in [0.25, 0.3) is 0 Å².